The van der Waals surface area contributed by atoms with Gasteiger partial charge < -0.3 is 4.74 Å². The molecule has 0 aliphatic carbocycles. The topological polar surface area (TPSA) is 55.4 Å². The first-order chi connectivity index (χ1) is 10.5. The average Bonchev–Trinajstić information content (AvgIpc) is 2.94. The summed E-state index contributed by atoms with van der Waals surface area (Å²) < 4.78 is 32.4. The van der Waals surface area contributed by atoms with E-state index in [1.807, 2.05) is 12.1 Å². The minimum Gasteiger partial charge on any atom is -0.493 e. The minimum absolute atomic E-state index is 0.183. The van der Waals surface area contributed by atoms with Gasteiger partial charge in [-0.05, 0) is 41.8 Å². The van der Waals surface area contributed by atoms with E-state index in [1.165, 1.54) is 17.7 Å². The number of ether oxygens (including phenoxy) is 1. The molecule has 1 heterocycles. The first kappa shape index (κ1) is 15.3. The fraction of sp³-hybridized carbons (Fsp3) is 0.250. The maximum Gasteiger partial charge on any atom is 0.240 e. The predicted molar refractivity (Wildman–Crippen MR) is 86.0 cm³/mol. The standard InChI is InChI=1S/C16H16ClNO3S/c17-14-2-1-3-15(11-14)22(19,20)18-8-6-12-4-5-16-13(10-12)7-9-21-16/h1-5,10-11,18H,6-9H2. The lowest BCUT2D eigenvalue weighted by Gasteiger charge is -2.08. The molecule has 116 valence electrons. The molecule has 0 fully saturated rings. The van der Waals surface area contributed by atoms with Crippen LogP contribution in [0.2, 0.25) is 5.02 Å². The van der Waals surface area contributed by atoms with E-state index in [0.29, 0.717) is 18.0 Å². The van der Waals surface area contributed by atoms with E-state index in [4.69, 9.17) is 16.3 Å². The van der Waals surface area contributed by atoms with Gasteiger partial charge in [-0.25, -0.2) is 13.1 Å². The lowest BCUT2D eigenvalue weighted by molar-refractivity contribution is 0.357. The van der Waals surface area contributed by atoms with E-state index >= 15 is 0 Å². The maximum absolute atomic E-state index is 12.2. The molecule has 0 unspecified atom stereocenters. The SMILES string of the molecule is O=S(=O)(NCCc1ccc2c(c1)CCO2)c1cccc(Cl)c1. The largest absolute Gasteiger partial charge is 0.493 e. The smallest absolute Gasteiger partial charge is 0.240 e. The number of sulfonamides is 1. The summed E-state index contributed by atoms with van der Waals surface area (Å²) in [5.41, 5.74) is 2.29. The number of nitrogens with one attached hydrogen (secondary N) is 1. The Labute approximate surface area is 135 Å². The van der Waals surface area contributed by atoms with Crippen molar-refractivity contribution in [2.75, 3.05) is 13.2 Å². The third kappa shape index (κ3) is 3.43. The normalized spacial score (nSPS) is 13.7. The van der Waals surface area contributed by atoms with Gasteiger partial charge in [0.15, 0.2) is 0 Å². The molecule has 6 heteroatoms. The van der Waals surface area contributed by atoms with Gasteiger partial charge in [-0.15, -0.1) is 0 Å². The summed E-state index contributed by atoms with van der Waals surface area (Å²) in [6, 6.07) is 12.2. The zero-order chi connectivity index (χ0) is 15.6. The molecule has 0 atom stereocenters. The molecule has 0 bridgehead atoms. The molecular formula is C16H16ClNO3S. The van der Waals surface area contributed by atoms with Gasteiger partial charge in [0.2, 0.25) is 10.0 Å². The third-order valence-corrected chi connectivity index (χ3v) is 5.26. The highest BCUT2D eigenvalue weighted by Gasteiger charge is 2.15. The monoisotopic (exact) mass is 337 g/mol. The van der Waals surface area contributed by atoms with Gasteiger partial charge in [0.1, 0.15) is 5.75 Å². The molecule has 0 saturated heterocycles. The molecule has 0 saturated carbocycles. The van der Waals surface area contributed by atoms with Gasteiger partial charge in [-0.2, -0.15) is 0 Å². The van der Waals surface area contributed by atoms with E-state index in [-0.39, 0.29) is 4.90 Å². The zero-order valence-corrected chi connectivity index (χ0v) is 13.5. The van der Waals surface area contributed by atoms with Gasteiger partial charge in [0.25, 0.3) is 0 Å². The van der Waals surface area contributed by atoms with E-state index in [1.54, 1.807) is 12.1 Å². The Morgan fingerprint density at radius 2 is 2.05 bits per heavy atom. The highest BCUT2D eigenvalue weighted by Crippen LogP contribution is 2.26. The summed E-state index contributed by atoms with van der Waals surface area (Å²) in [7, 11) is -3.52. The summed E-state index contributed by atoms with van der Waals surface area (Å²) in [5.74, 6) is 0.934. The summed E-state index contributed by atoms with van der Waals surface area (Å²) in [6.45, 7) is 1.06. The fourth-order valence-electron chi connectivity index (χ4n) is 2.44. The molecule has 0 amide bonds. The number of halogens is 1. The Balaban J connectivity index is 1.63. The van der Waals surface area contributed by atoms with E-state index < -0.39 is 10.0 Å². The second kappa shape index (κ2) is 6.28. The Bertz CT molecular complexity index is 790. The number of benzene rings is 2. The molecule has 22 heavy (non-hydrogen) atoms. The molecular weight excluding hydrogens is 322 g/mol. The van der Waals surface area contributed by atoms with Crippen molar-refractivity contribution >= 4 is 21.6 Å². The van der Waals surface area contributed by atoms with E-state index in [9.17, 15) is 8.42 Å². The van der Waals surface area contributed by atoms with Gasteiger partial charge in [-0.1, -0.05) is 29.8 Å². The van der Waals surface area contributed by atoms with Crippen LogP contribution in [0.5, 0.6) is 5.75 Å². The molecule has 3 rings (SSSR count). The minimum atomic E-state index is -3.52. The molecule has 0 spiro atoms. The number of rotatable bonds is 5. The van der Waals surface area contributed by atoms with Gasteiger partial charge in [0.05, 0.1) is 11.5 Å². The first-order valence-corrected chi connectivity index (χ1v) is 8.90. The molecule has 2 aromatic carbocycles. The van der Waals surface area contributed by atoms with Crippen LogP contribution in [0.15, 0.2) is 47.4 Å². The maximum atomic E-state index is 12.2. The van der Waals surface area contributed by atoms with Crippen LogP contribution in [0.1, 0.15) is 11.1 Å². The van der Waals surface area contributed by atoms with Crippen LogP contribution in [0.25, 0.3) is 0 Å². The van der Waals surface area contributed by atoms with Crippen LogP contribution in [0.4, 0.5) is 0 Å². The number of hydrogen-bond acceptors (Lipinski definition) is 3. The van der Waals surface area contributed by atoms with Crippen molar-refractivity contribution in [1.82, 2.24) is 4.72 Å². The van der Waals surface area contributed by atoms with Crippen molar-refractivity contribution in [2.45, 2.75) is 17.7 Å². The van der Waals surface area contributed by atoms with Crippen molar-refractivity contribution in [1.29, 1.82) is 0 Å². The van der Waals surface area contributed by atoms with Gasteiger partial charge in [0, 0.05) is 18.0 Å². The molecule has 0 aromatic heterocycles. The van der Waals surface area contributed by atoms with Crippen molar-refractivity contribution in [3.8, 4) is 5.75 Å². The highest BCUT2D eigenvalue weighted by atomic mass is 35.5. The average molecular weight is 338 g/mol. The lowest BCUT2D eigenvalue weighted by atomic mass is 10.1. The van der Waals surface area contributed by atoms with E-state index in [0.717, 1.165) is 24.3 Å². The number of hydrogen-bond donors (Lipinski definition) is 1. The van der Waals surface area contributed by atoms with Gasteiger partial charge >= 0.3 is 0 Å². The molecule has 1 aliphatic heterocycles. The first-order valence-electron chi connectivity index (χ1n) is 7.04. The van der Waals surface area contributed by atoms with Crippen LogP contribution in [0, 0.1) is 0 Å². The third-order valence-electron chi connectivity index (χ3n) is 3.57. The van der Waals surface area contributed by atoms with Crippen LogP contribution < -0.4 is 9.46 Å². The fourth-order valence-corrected chi connectivity index (χ4v) is 3.77. The van der Waals surface area contributed by atoms with Gasteiger partial charge in [-0.3, -0.25) is 0 Å². The Morgan fingerprint density at radius 1 is 1.18 bits per heavy atom. The number of fused-ring (bicyclic) bond motifs is 1. The summed E-state index contributed by atoms with van der Waals surface area (Å²) >= 11 is 5.83. The van der Waals surface area contributed by atoms with Crippen LogP contribution in [-0.2, 0) is 22.9 Å². The van der Waals surface area contributed by atoms with Crippen molar-refractivity contribution in [2.24, 2.45) is 0 Å². The van der Waals surface area contributed by atoms with Crippen molar-refractivity contribution in [3.05, 3.63) is 58.6 Å². The summed E-state index contributed by atoms with van der Waals surface area (Å²) in [6.07, 6.45) is 1.55. The molecule has 1 N–H and O–H groups in total. The second-order valence-corrected chi connectivity index (χ2v) is 7.35. The van der Waals surface area contributed by atoms with Crippen molar-refractivity contribution < 1.29 is 13.2 Å². The van der Waals surface area contributed by atoms with E-state index in [2.05, 4.69) is 10.8 Å². The Hall–Kier alpha value is -1.56. The molecule has 1 aliphatic rings. The highest BCUT2D eigenvalue weighted by molar-refractivity contribution is 7.89. The second-order valence-electron chi connectivity index (χ2n) is 5.15. The molecule has 2 aromatic rings. The quantitative estimate of drug-likeness (QED) is 0.912. The Morgan fingerprint density at radius 3 is 2.86 bits per heavy atom. The Kier molecular flexibility index (Phi) is 4.38. The van der Waals surface area contributed by atoms with Crippen LogP contribution in [0.3, 0.4) is 0 Å². The van der Waals surface area contributed by atoms with Crippen LogP contribution >= 0.6 is 11.6 Å². The zero-order valence-electron chi connectivity index (χ0n) is 11.9. The van der Waals surface area contributed by atoms with Crippen LogP contribution in [-0.4, -0.2) is 21.6 Å². The summed E-state index contributed by atoms with van der Waals surface area (Å²) in [4.78, 5) is 0.183. The lowest BCUT2D eigenvalue weighted by Crippen LogP contribution is -2.26. The molecule has 0 radical (unpaired) electrons. The summed E-state index contributed by atoms with van der Waals surface area (Å²) in [5, 5.41) is 0.404. The predicted octanol–water partition coefficient (Wildman–Crippen LogP) is 2.80. The van der Waals surface area contributed by atoms with Crippen molar-refractivity contribution in [3.63, 3.8) is 0 Å². The molecule has 4 nitrogen and oxygen atoms in total.